The fourth-order valence-electron chi connectivity index (χ4n) is 7.63. The number of morpholine rings is 1. The summed E-state index contributed by atoms with van der Waals surface area (Å²) in [5.41, 5.74) is -0.560. The number of aromatic hydroxyl groups is 1. The van der Waals surface area contributed by atoms with Crippen LogP contribution in [0.15, 0.2) is 42.5 Å². The van der Waals surface area contributed by atoms with E-state index >= 15 is 8.78 Å². The second kappa shape index (κ2) is 10.2. The van der Waals surface area contributed by atoms with Crippen LogP contribution in [0, 0.1) is 11.6 Å². The Hall–Kier alpha value is -3.67. The molecule has 2 bridgehead atoms. The van der Waals surface area contributed by atoms with Gasteiger partial charge in [-0.2, -0.15) is 9.97 Å². The number of anilines is 1. The maximum absolute atomic E-state index is 16.7. The van der Waals surface area contributed by atoms with E-state index in [-0.39, 0.29) is 52.5 Å². The molecule has 0 saturated carbocycles. The summed E-state index contributed by atoms with van der Waals surface area (Å²) in [5, 5.41) is 15.4. The lowest BCUT2D eigenvalue weighted by atomic mass is 9.95. The van der Waals surface area contributed by atoms with E-state index in [1.165, 1.54) is 12.1 Å². The van der Waals surface area contributed by atoms with Gasteiger partial charge < -0.3 is 24.8 Å². The largest absolute Gasteiger partial charge is 0.508 e. The van der Waals surface area contributed by atoms with Crippen LogP contribution in [-0.2, 0) is 4.74 Å². The summed E-state index contributed by atoms with van der Waals surface area (Å²) in [6.07, 6.45) is 1.23. The molecule has 0 spiro atoms. The molecule has 4 aromatic rings. The molecule has 43 heavy (non-hydrogen) atoms. The number of fused-ring (bicyclic) bond motifs is 5. The van der Waals surface area contributed by atoms with E-state index in [1.807, 2.05) is 4.90 Å². The summed E-state index contributed by atoms with van der Waals surface area (Å²) in [7, 11) is 0. The lowest BCUT2D eigenvalue weighted by Gasteiger charge is -2.43. The maximum atomic E-state index is 16.7. The lowest BCUT2D eigenvalue weighted by molar-refractivity contribution is 0.0374. The van der Waals surface area contributed by atoms with Crippen molar-refractivity contribution in [1.29, 1.82) is 0 Å². The summed E-state index contributed by atoms with van der Waals surface area (Å²) < 4.78 is 59.0. The van der Waals surface area contributed by atoms with Crippen molar-refractivity contribution in [3.05, 3.63) is 54.1 Å². The minimum absolute atomic E-state index is 0.0248. The van der Waals surface area contributed by atoms with Crippen molar-refractivity contribution in [3.8, 4) is 22.9 Å². The predicted molar refractivity (Wildman–Crippen MR) is 156 cm³/mol. The number of alkyl halides is 1. The van der Waals surface area contributed by atoms with Crippen molar-refractivity contribution < 1.29 is 27.8 Å². The number of phenolic OH excluding ortho intramolecular Hbond substituents is 1. The standard InChI is InChI=1S/C32H32F3N5O3/c33-19-11-32(6-3-7-40(32)12-19)17-43-31-37-29-25(30(38-31)39-13-20-15-42-16-21(14-39)36-20)10-26(34)27(28(29)35)24-9-22(41)8-18-4-1-2-5-23(18)24/h1-2,4-5,8-10,19-21,36,41H,3,6-7,11-17H2/t19-,20-,21+,32+/m1/s1. The number of halogens is 3. The second-order valence-electron chi connectivity index (χ2n) is 12.4. The van der Waals surface area contributed by atoms with Crippen LogP contribution in [0.3, 0.4) is 0 Å². The molecule has 8 rings (SSSR count). The van der Waals surface area contributed by atoms with Crippen molar-refractivity contribution >= 4 is 27.5 Å². The van der Waals surface area contributed by atoms with Gasteiger partial charge in [-0.15, -0.1) is 0 Å². The van der Waals surface area contributed by atoms with E-state index in [9.17, 15) is 9.50 Å². The van der Waals surface area contributed by atoms with Crippen LogP contribution < -0.4 is 15.0 Å². The number of nitrogens with zero attached hydrogens (tertiary/aromatic N) is 4. The molecule has 2 N–H and O–H groups in total. The van der Waals surface area contributed by atoms with Gasteiger partial charge in [0.2, 0.25) is 0 Å². The Bertz CT molecular complexity index is 1730. The SMILES string of the molecule is Oc1cc(-c2c(F)cc3c(N4C[C@H]5COC[C@@H](C4)N5)nc(OC[C@@]45CCCN4C[C@H](F)C5)nc3c2F)c2ccccc2c1. The number of aromatic nitrogens is 2. The molecule has 4 saturated heterocycles. The van der Waals surface area contributed by atoms with Crippen molar-refractivity contribution in [1.82, 2.24) is 20.2 Å². The number of hydrogen-bond donors (Lipinski definition) is 2. The van der Waals surface area contributed by atoms with Gasteiger partial charge >= 0.3 is 6.01 Å². The van der Waals surface area contributed by atoms with E-state index in [4.69, 9.17) is 14.5 Å². The molecule has 0 unspecified atom stereocenters. The first-order chi connectivity index (χ1) is 20.9. The van der Waals surface area contributed by atoms with Crippen molar-refractivity contribution in [2.24, 2.45) is 0 Å². The van der Waals surface area contributed by atoms with Crippen molar-refractivity contribution in [3.63, 3.8) is 0 Å². The highest BCUT2D eigenvalue weighted by Gasteiger charge is 2.49. The monoisotopic (exact) mass is 591 g/mol. The molecule has 11 heteroatoms. The van der Waals surface area contributed by atoms with Crippen molar-refractivity contribution in [2.75, 3.05) is 50.9 Å². The lowest BCUT2D eigenvalue weighted by Crippen LogP contribution is -2.63. The van der Waals surface area contributed by atoms with Crippen LogP contribution >= 0.6 is 0 Å². The van der Waals surface area contributed by atoms with Gasteiger partial charge in [0.05, 0.1) is 24.3 Å². The second-order valence-corrected chi connectivity index (χ2v) is 12.4. The van der Waals surface area contributed by atoms with E-state index in [0.29, 0.717) is 55.9 Å². The maximum Gasteiger partial charge on any atom is 0.319 e. The number of piperazine rings is 1. The number of benzene rings is 3. The molecular weight excluding hydrogens is 559 g/mol. The minimum Gasteiger partial charge on any atom is -0.508 e. The topological polar surface area (TPSA) is 83.0 Å². The molecule has 4 aliphatic heterocycles. The quantitative estimate of drug-likeness (QED) is 0.350. The third-order valence-corrected chi connectivity index (χ3v) is 9.48. The van der Waals surface area contributed by atoms with Crippen LogP contribution in [0.4, 0.5) is 19.0 Å². The van der Waals surface area contributed by atoms with Crippen LogP contribution in [-0.4, -0.2) is 89.8 Å². The molecule has 4 atom stereocenters. The predicted octanol–water partition coefficient (Wildman–Crippen LogP) is 4.57. The summed E-state index contributed by atoms with van der Waals surface area (Å²) >= 11 is 0. The zero-order chi connectivity index (χ0) is 29.3. The minimum atomic E-state index is -0.917. The summed E-state index contributed by atoms with van der Waals surface area (Å²) in [6.45, 7) is 3.50. The van der Waals surface area contributed by atoms with Gasteiger partial charge in [-0.25, -0.2) is 13.2 Å². The molecule has 4 aliphatic rings. The van der Waals surface area contributed by atoms with Gasteiger partial charge in [-0.1, -0.05) is 24.3 Å². The fraction of sp³-hybridized carbons (Fsp3) is 0.438. The fourth-order valence-corrected chi connectivity index (χ4v) is 7.63. The van der Waals surface area contributed by atoms with Gasteiger partial charge in [0.25, 0.3) is 0 Å². The first kappa shape index (κ1) is 26.9. The van der Waals surface area contributed by atoms with Crippen LogP contribution in [0.1, 0.15) is 19.3 Å². The number of rotatable bonds is 5. The average molecular weight is 592 g/mol. The highest BCUT2D eigenvalue weighted by Crippen LogP contribution is 2.42. The Morgan fingerprint density at radius 1 is 1.05 bits per heavy atom. The number of nitrogens with one attached hydrogen (secondary N) is 1. The van der Waals surface area contributed by atoms with E-state index < -0.39 is 23.3 Å². The molecular formula is C32H32F3N5O3. The summed E-state index contributed by atoms with van der Waals surface area (Å²) in [5.74, 6) is -1.35. The number of ether oxygens (including phenoxy) is 2. The Labute approximate surface area is 246 Å². The van der Waals surface area contributed by atoms with Gasteiger partial charge in [-0.05, 0) is 53.9 Å². The Morgan fingerprint density at radius 3 is 2.70 bits per heavy atom. The van der Waals surface area contributed by atoms with Crippen LogP contribution in [0.2, 0.25) is 0 Å². The molecule has 1 aromatic heterocycles. The third kappa shape index (κ3) is 4.56. The number of phenols is 1. The summed E-state index contributed by atoms with van der Waals surface area (Å²) in [4.78, 5) is 13.4. The van der Waals surface area contributed by atoms with E-state index in [0.717, 1.165) is 19.4 Å². The van der Waals surface area contributed by atoms with Gasteiger partial charge in [0.1, 0.15) is 35.7 Å². The highest BCUT2D eigenvalue weighted by molar-refractivity contribution is 6.01. The summed E-state index contributed by atoms with van der Waals surface area (Å²) in [6, 6.07) is 11.4. The zero-order valence-corrected chi connectivity index (χ0v) is 23.5. The van der Waals surface area contributed by atoms with E-state index in [1.54, 1.807) is 30.3 Å². The number of hydrogen-bond acceptors (Lipinski definition) is 8. The molecule has 4 fully saturated rings. The highest BCUT2D eigenvalue weighted by atomic mass is 19.1. The zero-order valence-electron chi connectivity index (χ0n) is 23.5. The van der Waals surface area contributed by atoms with E-state index in [2.05, 4.69) is 15.2 Å². The normalized spacial score (nSPS) is 27.2. The van der Waals surface area contributed by atoms with Gasteiger partial charge in [0.15, 0.2) is 5.82 Å². The molecule has 5 heterocycles. The molecule has 3 aromatic carbocycles. The third-order valence-electron chi connectivity index (χ3n) is 9.48. The first-order valence-corrected chi connectivity index (χ1v) is 14.9. The molecule has 8 nitrogen and oxygen atoms in total. The van der Waals surface area contributed by atoms with Gasteiger partial charge in [-0.3, -0.25) is 4.90 Å². The Balaban J connectivity index is 1.27. The van der Waals surface area contributed by atoms with Crippen LogP contribution in [0.5, 0.6) is 11.8 Å². The first-order valence-electron chi connectivity index (χ1n) is 14.9. The average Bonchev–Trinajstić information content (AvgIpc) is 3.51. The van der Waals surface area contributed by atoms with Crippen molar-refractivity contribution in [2.45, 2.75) is 43.1 Å². The molecule has 224 valence electrons. The Kier molecular flexibility index (Phi) is 6.39. The van der Waals surface area contributed by atoms with Crippen LogP contribution in [0.25, 0.3) is 32.8 Å². The molecule has 0 amide bonds. The smallest absolute Gasteiger partial charge is 0.319 e. The van der Waals surface area contributed by atoms with Gasteiger partial charge in [0, 0.05) is 43.5 Å². The Morgan fingerprint density at radius 2 is 1.86 bits per heavy atom. The molecule has 0 aliphatic carbocycles. The molecule has 0 radical (unpaired) electrons.